The first kappa shape index (κ1) is 8.86. The topological polar surface area (TPSA) is 38.3 Å². The molecule has 0 saturated carbocycles. The van der Waals surface area contributed by atoms with Crippen LogP contribution in [-0.4, -0.2) is 19.1 Å². The Kier molecular flexibility index (Phi) is 4.64. The summed E-state index contributed by atoms with van der Waals surface area (Å²) >= 11 is 0. The molecule has 9 heavy (non-hydrogen) atoms. The van der Waals surface area contributed by atoms with Crippen molar-refractivity contribution in [3.8, 4) is 0 Å². The summed E-state index contributed by atoms with van der Waals surface area (Å²) in [6.07, 6.45) is 0.746. The molecule has 0 aliphatic rings. The largest absolute Gasteiger partial charge is 0.468 e. The predicted molar refractivity (Wildman–Crippen MR) is 38.9 cm³/mol. The first-order valence-corrected chi connectivity index (χ1v) is 3.38. The molecule has 54 valence electrons. The third kappa shape index (κ3) is 2.78. The van der Waals surface area contributed by atoms with Gasteiger partial charge in [-0.3, -0.25) is 9.88 Å². The molecule has 4 heteroatoms. The lowest BCUT2D eigenvalue weighted by Gasteiger charge is -2.08. The number of rotatable bonds is 3. The molecule has 0 aromatic carbocycles. The minimum Gasteiger partial charge on any atom is -0.468 e. The summed E-state index contributed by atoms with van der Waals surface area (Å²) in [5.74, 6) is -0.215. The zero-order valence-electron chi connectivity index (χ0n) is 5.68. The average molecular weight is 149 g/mol. The van der Waals surface area contributed by atoms with Crippen molar-refractivity contribution in [2.75, 3.05) is 7.11 Å². The van der Waals surface area contributed by atoms with Crippen LogP contribution in [0.5, 0.6) is 0 Å². The van der Waals surface area contributed by atoms with Gasteiger partial charge in [0.2, 0.25) is 0 Å². The summed E-state index contributed by atoms with van der Waals surface area (Å²) in [6, 6.07) is -0.181. The fourth-order valence-corrected chi connectivity index (χ4v) is 0.867. The minimum absolute atomic E-state index is 0.181. The van der Waals surface area contributed by atoms with Gasteiger partial charge in [-0.25, -0.2) is 0 Å². The summed E-state index contributed by atoms with van der Waals surface area (Å²) in [5, 5.41) is 2.74. The molecule has 0 rings (SSSR count). The van der Waals surface area contributed by atoms with Crippen LogP contribution in [-0.2, 0) is 9.53 Å². The molecule has 0 aromatic rings. The Morgan fingerprint density at radius 3 is 2.56 bits per heavy atom. The van der Waals surface area contributed by atoms with Crippen LogP contribution in [0.4, 0.5) is 0 Å². The zero-order chi connectivity index (χ0) is 7.28. The fraction of sp³-hybridized carbons (Fsp3) is 0.800. The van der Waals surface area contributed by atoms with Crippen LogP contribution in [0.1, 0.15) is 13.3 Å². The van der Waals surface area contributed by atoms with Gasteiger partial charge in [-0.1, -0.05) is 16.3 Å². The SMILES string of the molecule is CCC(NP)C(=O)OC. The summed E-state index contributed by atoms with van der Waals surface area (Å²) in [4.78, 5) is 10.7. The lowest BCUT2D eigenvalue weighted by molar-refractivity contribution is -0.142. The van der Waals surface area contributed by atoms with Gasteiger partial charge in [0.05, 0.1) is 7.11 Å². The molecule has 2 unspecified atom stereocenters. The number of hydrogen-bond acceptors (Lipinski definition) is 3. The Hall–Kier alpha value is -0.140. The predicted octanol–water partition coefficient (Wildman–Crippen LogP) is 0.318. The molecule has 3 nitrogen and oxygen atoms in total. The first-order valence-electron chi connectivity index (χ1n) is 2.80. The highest BCUT2D eigenvalue weighted by Crippen LogP contribution is 1.94. The number of nitrogens with one attached hydrogen (secondary N) is 1. The van der Waals surface area contributed by atoms with E-state index in [1.54, 1.807) is 0 Å². The van der Waals surface area contributed by atoms with Gasteiger partial charge in [0.25, 0.3) is 0 Å². The van der Waals surface area contributed by atoms with E-state index < -0.39 is 0 Å². The zero-order valence-corrected chi connectivity index (χ0v) is 6.83. The molecule has 0 saturated heterocycles. The summed E-state index contributed by atoms with van der Waals surface area (Å²) in [5.41, 5.74) is 0. The van der Waals surface area contributed by atoms with E-state index >= 15 is 0 Å². The van der Waals surface area contributed by atoms with Crippen LogP contribution < -0.4 is 5.09 Å². The highest BCUT2D eigenvalue weighted by Gasteiger charge is 2.12. The lowest BCUT2D eigenvalue weighted by Crippen LogP contribution is -2.30. The Morgan fingerprint density at radius 2 is 2.44 bits per heavy atom. The number of ether oxygens (including phenoxy) is 1. The van der Waals surface area contributed by atoms with Gasteiger partial charge in [0, 0.05) is 0 Å². The summed E-state index contributed by atoms with van der Waals surface area (Å²) in [7, 11) is 3.67. The molecule has 0 spiro atoms. The van der Waals surface area contributed by atoms with Crippen molar-refractivity contribution in [1.29, 1.82) is 0 Å². The number of carbonyl (C=O) groups is 1. The van der Waals surface area contributed by atoms with Crippen LogP contribution in [0.15, 0.2) is 0 Å². The van der Waals surface area contributed by atoms with Crippen molar-refractivity contribution in [1.82, 2.24) is 5.09 Å². The number of carbonyl (C=O) groups excluding carboxylic acids is 1. The van der Waals surface area contributed by atoms with Crippen molar-refractivity contribution in [3.63, 3.8) is 0 Å². The minimum atomic E-state index is -0.215. The summed E-state index contributed by atoms with van der Waals surface area (Å²) in [6.45, 7) is 1.92. The van der Waals surface area contributed by atoms with E-state index in [0.717, 1.165) is 6.42 Å². The Labute approximate surface area is 57.4 Å². The van der Waals surface area contributed by atoms with Crippen LogP contribution in [0, 0.1) is 0 Å². The third-order valence-electron chi connectivity index (χ3n) is 1.10. The molecule has 0 fully saturated rings. The molecule has 0 aliphatic heterocycles. The van der Waals surface area contributed by atoms with E-state index in [-0.39, 0.29) is 12.0 Å². The van der Waals surface area contributed by atoms with Crippen molar-refractivity contribution >= 4 is 15.4 Å². The van der Waals surface area contributed by atoms with E-state index in [9.17, 15) is 4.79 Å². The smallest absolute Gasteiger partial charge is 0.323 e. The van der Waals surface area contributed by atoms with Gasteiger partial charge in [0.15, 0.2) is 0 Å². The Morgan fingerprint density at radius 1 is 1.89 bits per heavy atom. The molecule has 2 atom stereocenters. The van der Waals surface area contributed by atoms with E-state index in [1.165, 1.54) is 7.11 Å². The molecule has 0 radical (unpaired) electrons. The van der Waals surface area contributed by atoms with Gasteiger partial charge in [-0.05, 0) is 6.42 Å². The normalized spacial score (nSPS) is 12.8. The fourth-order valence-electron chi connectivity index (χ4n) is 0.495. The number of esters is 1. The quantitative estimate of drug-likeness (QED) is 0.464. The van der Waals surface area contributed by atoms with E-state index in [0.29, 0.717) is 0 Å². The summed E-state index contributed by atoms with van der Waals surface area (Å²) < 4.78 is 4.48. The van der Waals surface area contributed by atoms with Gasteiger partial charge in [0.1, 0.15) is 6.04 Å². The second-order valence-corrected chi connectivity index (χ2v) is 1.98. The second-order valence-electron chi connectivity index (χ2n) is 1.65. The van der Waals surface area contributed by atoms with Gasteiger partial charge < -0.3 is 4.74 Å². The highest BCUT2D eigenvalue weighted by molar-refractivity contribution is 7.13. The van der Waals surface area contributed by atoms with Crippen molar-refractivity contribution in [3.05, 3.63) is 0 Å². The van der Waals surface area contributed by atoms with Crippen molar-refractivity contribution in [2.45, 2.75) is 19.4 Å². The maximum absolute atomic E-state index is 10.7. The van der Waals surface area contributed by atoms with E-state index in [4.69, 9.17) is 0 Å². The van der Waals surface area contributed by atoms with E-state index in [1.807, 2.05) is 6.92 Å². The first-order chi connectivity index (χ1) is 4.26. The van der Waals surface area contributed by atoms with Gasteiger partial charge in [-0.2, -0.15) is 0 Å². The third-order valence-corrected chi connectivity index (χ3v) is 1.50. The Bertz CT molecular complexity index is 93.0. The molecule has 0 heterocycles. The molecule has 1 N–H and O–H groups in total. The molecule has 0 bridgehead atoms. The van der Waals surface area contributed by atoms with Gasteiger partial charge in [-0.15, -0.1) is 0 Å². The standard InChI is InChI=1S/C5H12NO2P/c1-3-4(6-9)5(7)8-2/h4,6H,3,9H2,1-2H3. The number of hydrogen-bond donors (Lipinski definition) is 1. The maximum atomic E-state index is 10.7. The van der Waals surface area contributed by atoms with Crippen molar-refractivity contribution < 1.29 is 9.53 Å². The average Bonchev–Trinajstić information content (AvgIpc) is 1.90. The van der Waals surface area contributed by atoms with Crippen LogP contribution in [0.2, 0.25) is 0 Å². The Balaban J connectivity index is 3.64. The highest BCUT2D eigenvalue weighted by atomic mass is 31.0. The monoisotopic (exact) mass is 149 g/mol. The van der Waals surface area contributed by atoms with Crippen LogP contribution in [0.25, 0.3) is 0 Å². The van der Waals surface area contributed by atoms with Crippen molar-refractivity contribution in [2.24, 2.45) is 0 Å². The van der Waals surface area contributed by atoms with E-state index in [2.05, 4.69) is 19.2 Å². The second kappa shape index (κ2) is 4.71. The van der Waals surface area contributed by atoms with Crippen LogP contribution in [0.3, 0.4) is 0 Å². The molecule has 0 aromatic heterocycles. The maximum Gasteiger partial charge on any atom is 0.323 e. The molecular weight excluding hydrogens is 137 g/mol. The lowest BCUT2D eigenvalue weighted by atomic mass is 10.2. The molecule has 0 aliphatic carbocycles. The molecular formula is C5H12NO2P. The van der Waals surface area contributed by atoms with Gasteiger partial charge >= 0.3 is 5.97 Å². The molecule has 0 amide bonds. The van der Waals surface area contributed by atoms with Crippen LogP contribution >= 0.6 is 9.39 Å². The number of methoxy groups -OCH3 is 1.